The minimum atomic E-state index is -0.704. The third kappa shape index (κ3) is 3.04. The predicted octanol–water partition coefficient (Wildman–Crippen LogP) is -0.578. The fourth-order valence-electron chi connectivity index (χ4n) is 2.18. The van der Waals surface area contributed by atoms with Crippen molar-refractivity contribution in [2.75, 3.05) is 13.1 Å². The molecule has 1 saturated heterocycles. The van der Waals surface area contributed by atoms with Crippen LogP contribution in [-0.2, 0) is 10.3 Å². The van der Waals surface area contributed by atoms with Crippen LogP contribution < -0.4 is 16.4 Å². The van der Waals surface area contributed by atoms with Crippen LogP contribution in [-0.4, -0.2) is 35.0 Å². The van der Waals surface area contributed by atoms with Crippen LogP contribution >= 0.6 is 12.4 Å². The smallest absolute Gasteiger partial charge is 0.237 e. The molecule has 0 unspecified atom stereocenters. The number of nitrogens with one attached hydrogen (secondary N) is 2. The van der Waals surface area contributed by atoms with Crippen molar-refractivity contribution in [2.45, 2.75) is 24.9 Å². The molecule has 2 atom stereocenters. The summed E-state index contributed by atoms with van der Waals surface area (Å²) in [6.07, 6.45) is 3.64. The maximum Gasteiger partial charge on any atom is 0.237 e. The number of halogens is 1. The molecule has 2 heterocycles. The first-order valence-electron chi connectivity index (χ1n) is 6.09. The van der Waals surface area contributed by atoms with E-state index in [2.05, 4.69) is 20.6 Å². The van der Waals surface area contributed by atoms with Crippen LogP contribution in [0.2, 0.25) is 0 Å². The molecule has 2 rings (SSSR count). The van der Waals surface area contributed by atoms with Gasteiger partial charge in [0.1, 0.15) is 11.8 Å². The average Bonchev–Trinajstić information content (AvgIpc) is 2.88. The average molecular weight is 297 g/mol. The van der Waals surface area contributed by atoms with Gasteiger partial charge in [0, 0.05) is 18.9 Å². The van der Waals surface area contributed by atoms with E-state index in [4.69, 9.17) is 11.0 Å². The van der Waals surface area contributed by atoms with E-state index < -0.39 is 11.6 Å². The normalized spacial score (nSPS) is 22.4. The number of rotatable bonds is 3. The third-order valence-electron chi connectivity index (χ3n) is 3.19. The molecule has 0 spiro atoms. The number of hydrogen-bond acceptors (Lipinski definition) is 6. The number of nitrogens with zero attached hydrogens (tertiary/aromatic N) is 3. The molecule has 1 fully saturated rings. The first kappa shape index (κ1) is 16.3. The number of nitrogens with two attached hydrogens (primary N) is 1. The SMILES string of the molecule is C[C@H](N)C(=O)N[C@@]1(c2nccnc2C#N)CCNC1.Cl. The lowest BCUT2D eigenvalue weighted by atomic mass is 9.91. The first-order valence-corrected chi connectivity index (χ1v) is 6.09. The Morgan fingerprint density at radius 3 is 2.85 bits per heavy atom. The summed E-state index contributed by atoms with van der Waals surface area (Å²) in [5, 5.41) is 15.2. The zero-order chi connectivity index (χ0) is 13.9. The fourth-order valence-corrected chi connectivity index (χ4v) is 2.18. The number of hydrogen-bond donors (Lipinski definition) is 3. The molecule has 8 heteroatoms. The third-order valence-corrected chi connectivity index (χ3v) is 3.19. The summed E-state index contributed by atoms with van der Waals surface area (Å²) in [7, 11) is 0. The van der Waals surface area contributed by atoms with E-state index >= 15 is 0 Å². The van der Waals surface area contributed by atoms with Gasteiger partial charge in [-0.3, -0.25) is 9.78 Å². The number of aromatic nitrogens is 2. The highest BCUT2D eigenvalue weighted by Crippen LogP contribution is 2.27. The number of carbonyl (C=O) groups is 1. The second-order valence-corrected chi connectivity index (χ2v) is 4.65. The van der Waals surface area contributed by atoms with E-state index in [0.717, 1.165) is 6.54 Å². The molecule has 0 saturated carbocycles. The Bertz CT molecular complexity index is 521. The Morgan fingerprint density at radius 2 is 2.30 bits per heavy atom. The van der Waals surface area contributed by atoms with Gasteiger partial charge < -0.3 is 16.4 Å². The zero-order valence-electron chi connectivity index (χ0n) is 11.1. The van der Waals surface area contributed by atoms with Crippen LogP contribution in [0.25, 0.3) is 0 Å². The largest absolute Gasteiger partial charge is 0.342 e. The van der Waals surface area contributed by atoms with Crippen molar-refractivity contribution >= 4 is 18.3 Å². The molecule has 1 aromatic heterocycles. The van der Waals surface area contributed by atoms with Gasteiger partial charge >= 0.3 is 0 Å². The maximum atomic E-state index is 11.9. The molecule has 0 aromatic carbocycles. The molecular formula is C12H17ClN6O. The second kappa shape index (κ2) is 6.61. The molecule has 1 aliphatic heterocycles. The van der Waals surface area contributed by atoms with Crippen molar-refractivity contribution in [3.8, 4) is 6.07 Å². The monoisotopic (exact) mass is 296 g/mol. The number of nitriles is 1. The van der Waals surface area contributed by atoms with Crippen molar-refractivity contribution in [1.82, 2.24) is 20.6 Å². The Kier molecular flexibility index (Phi) is 5.39. The van der Waals surface area contributed by atoms with E-state index in [9.17, 15) is 4.79 Å². The summed E-state index contributed by atoms with van der Waals surface area (Å²) in [4.78, 5) is 20.1. The van der Waals surface area contributed by atoms with Crippen LogP contribution in [0.3, 0.4) is 0 Å². The van der Waals surface area contributed by atoms with E-state index in [0.29, 0.717) is 18.7 Å². The molecular weight excluding hydrogens is 280 g/mol. The minimum absolute atomic E-state index is 0. The fraction of sp³-hybridized carbons (Fsp3) is 0.500. The summed E-state index contributed by atoms with van der Waals surface area (Å²) >= 11 is 0. The van der Waals surface area contributed by atoms with E-state index in [1.807, 2.05) is 6.07 Å². The number of amides is 1. The quantitative estimate of drug-likeness (QED) is 0.687. The highest BCUT2D eigenvalue weighted by molar-refractivity contribution is 5.85. The Morgan fingerprint density at radius 1 is 1.60 bits per heavy atom. The van der Waals surface area contributed by atoms with Gasteiger partial charge in [-0.2, -0.15) is 5.26 Å². The Hall–Kier alpha value is -1.75. The van der Waals surface area contributed by atoms with Crippen molar-refractivity contribution in [2.24, 2.45) is 5.73 Å². The lowest BCUT2D eigenvalue weighted by Gasteiger charge is -2.30. The van der Waals surface area contributed by atoms with E-state index in [-0.39, 0.29) is 24.0 Å². The molecule has 0 aliphatic carbocycles. The summed E-state index contributed by atoms with van der Waals surface area (Å²) in [5.74, 6) is -0.266. The van der Waals surface area contributed by atoms with Crippen LogP contribution in [0.15, 0.2) is 12.4 Å². The van der Waals surface area contributed by atoms with Crippen molar-refractivity contribution in [3.63, 3.8) is 0 Å². The van der Waals surface area contributed by atoms with E-state index in [1.165, 1.54) is 12.4 Å². The van der Waals surface area contributed by atoms with Gasteiger partial charge in [-0.05, 0) is 19.9 Å². The minimum Gasteiger partial charge on any atom is -0.342 e. The van der Waals surface area contributed by atoms with Crippen LogP contribution in [0.4, 0.5) is 0 Å². The summed E-state index contributed by atoms with van der Waals surface area (Å²) < 4.78 is 0. The van der Waals surface area contributed by atoms with Crippen molar-refractivity contribution in [3.05, 3.63) is 23.8 Å². The number of carbonyl (C=O) groups excluding carboxylic acids is 1. The summed E-state index contributed by atoms with van der Waals surface area (Å²) in [5.41, 5.74) is 5.61. The molecule has 1 aromatic rings. The van der Waals surface area contributed by atoms with Gasteiger partial charge in [0.15, 0.2) is 5.69 Å². The molecule has 20 heavy (non-hydrogen) atoms. The zero-order valence-corrected chi connectivity index (χ0v) is 11.9. The Labute approximate surface area is 123 Å². The first-order chi connectivity index (χ1) is 9.09. The standard InChI is InChI=1S/C12H16N6O.ClH/c1-8(14)11(19)18-12(2-3-15-7-12)10-9(6-13)16-4-5-17-10;/h4-5,8,15H,2-3,7,14H2,1H3,(H,18,19);1H/t8-,12-;/m0./s1. The Balaban J connectivity index is 0.00000200. The molecule has 1 aliphatic rings. The van der Waals surface area contributed by atoms with Gasteiger partial charge in [0.05, 0.1) is 11.6 Å². The van der Waals surface area contributed by atoms with Gasteiger partial charge in [-0.15, -0.1) is 12.4 Å². The van der Waals surface area contributed by atoms with Gasteiger partial charge in [0.2, 0.25) is 5.91 Å². The topological polar surface area (TPSA) is 117 Å². The summed E-state index contributed by atoms with van der Waals surface area (Å²) in [6, 6.07) is 1.40. The van der Waals surface area contributed by atoms with Crippen LogP contribution in [0.1, 0.15) is 24.7 Å². The van der Waals surface area contributed by atoms with Gasteiger partial charge in [0.25, 0.3) is 0 Å². The van der Waals surface area contributed by atoms with Crippen LogP contribution in [0, 0.1) is 11.3 Å². The second-order valence-electron chi connectivity index (χ2n) is 4.65. The molecule has 7 nitrogen and oxygen atoms in total. The highest BCUT2D eigenvalue weighted by Gasteiger charge is 2.41. The molecule has 0 bridgehead atoms. The van der Waals surface area contributed by atoms with Gasteiger partial charge in [-0.1, -0.05) is 0 Å². The molecule has 0 radical (unpaired) electrons. The molecule has 108 valence electrons. The van der Waals surface area contributed by atoms with Crippen LogP contribution in [0.5, 0.6) is 0 Å². The van der Waals surface area contributed by atoms with E-state index in [1.54, 1.807) is 6.92 Å². The summed E-state index contributed by atoms with van der Waals surface area (Å²) in [6.45, 7) is 2.87. The van der Waals surface area contributed by atoms with Crippen molar-refractivity contribution < 1.29 is 4.79 Å². The molecule has 4 N–H and O–H groups in total. The highest BCUT2D eigenvalue weighted by atomic mass is 35.5. The molecule has 1 amide bonds. The van der Waals surface area contributed by atoms with Gasteiger partial charge in [-0.25, -0.2) is 4.98 Å². The maximum absolute atomic E-state index is 11.9. The lowest BCUT2D eigenvalue weighted by Crippen LogP contribution is -2.53. The van der Waals surface area contributed by atoms with Crippen molar-refractivity contribution in [1.29, 1.82) is 5.26 Å². The predicted molar refractivity (Wildman–Crippen MR) is 75.0 cm³/mol. The lowest BCUT2D eigenvalue weighted by molar-refractivity contribution is -0.123.